The Hall–Kier alpha value is -2.90. The van der Waals surface area contributed by atoms with Crippen LogP contribution in [0.2, 0.25) is 0 Å². The fraction of sp³-hybridized carbons (Fsp3) is 0.333. The topological polar surface area (TPSA) is 64.5 Å². The summed E-state index contributed by atoms with van der Waals surface area (Å²) in [6.45, 7) is 4.35. The zero-order chi connectivity index (χ0) is 19.3. The van der Waals surface area contributed by atoms with Gasteiger partial charge in [0.05, 0.1) is 11.6 Å². The van der Waals surface area contributed by atoms with Gasteiger partial charge in [0.25, 0.3) is 0 Å². The molecule has 4 nitrogen and oxygen atoms in total. The van der Waals surface area contributed by atoms with Gasteiger partial charge in [-0.15, -0.1) is 0 Å². The highest BCUT2D eigenvalue weighted by Crippen LogP contribution is 2.37. The lowest BCUT2D eigenvalue weighted by Crippen LogP contribution is -2.31. The maximum atomic E-state index is 8.97. The quantitative estimate of drug-likeness (QED) is 0.703. The first-order valence-corrected chi connectivity index (χ1v) is 10.0. The Morgan fingerprint density at radius 2 is 1.86 bits per heavy atom. The number of aromatic nitrogens is 2. The van der Waals surface area contributed by atoms with E-state index in [9.17, 15) is 0 Å². The minimum absolute atomic E-state index is 0.304. The van der Waals surface area contributed by atoms with E-state index in [-0.39, 0.29) is 0 Å². The molecule has 2 N–H and O–H groups in total. The molecule has 3 aromatic rings. The summed E-state index contributed by atoms with van der Waals surface area (Å²) < 4.78 is 0. The number of nitrogens with one attached hydrogen (secondary N) is 2. The largest absolute Gasteiger partial charge is 0.345 e. The van der Waals surface area contributed by atoms with Gasteiger partial charge in [0.1, 0.15) is 5.82 Å². The molecule has 0 radical (unpaired) electrons. The minimum atomic E-state index is 0.304. The zero-order valence-corrected chi connectivity index (χ0v) is 16.3. The van der Waals surface area contributed by atoms with E-state index in [4.69, 9.17) is 10.2 Å². The maximum Gasteiger partial charge on any atom is 0.114 e. The first-order chi connectivity index (χ1) is 13.7. The molecule has 1 fully saturated rings. The van der Waals surface area contributed by atoms with E-state index in [2.05, 4.69) is 47.6 Å². The van der Waals surface area contributed by atoms with Crippen molar-refractivity contribution < 1.29 is 0 Å². The molecule has 0 amide bonds. The number of rotatable bonds is 5. The summed E-state index contributed by atoms with van der Waals surface area (Å²) in [6.07, 6.45) is 5.11. The minimum Gasteiger partial charge on any atom is -0.345 e. The van der Waals surface area contributed by atoms with E-state index in [1.54, 1.807) is 0 Å². The molecule has 2 heterocycles. The van der Waals surface area contributed by atoms with Crippen molar-refractivity contribution in [3.63, 3.8) is 0 Å². The molecule has 1 unspecified atom stereocenters. The molecule has 0 spiro atoms. The van der Waals surface area contributed by atoms with Crippen LogP contribution in [0.1, 0.15) is 52.5 Å². The van der Waals surface area contributed by atoms with Crippen LogP contribution in [0.15, 0.2) is 54.7 Å². The molecule has 0 bridgehead atoms. The molecule has 142 valence electrons. The highest BCUT2D eigenvalue weighted by atomic mass is 14.9. The van der Waals surface area contributed by atoms with Crippen molar-refractivity contribution in [3.05, 3.63) is 88.5 Å². The van der Waals surface area contributed by atoms with Crippen LogP contribution >= 0.6 is 0 Å². The van der Waals surface area contributed by atoms with Gasteiger partial charge in [0.2, 0.25) is 0 Å². The summed E-state index contributed by atoms with van der Waals surface area (Å²) in [7, 11) is 0. The molecule has 1 aliphatic rings. The molecule has 0 aliphatic carbocycles. The van der Waals surface area contributed by atoms with Crippen LogP contribution < -0.4 is 5.32 Å². The average molecular weight is 371 g/mol. The van der Waals surface area contributed by atoms with E-state index < -0.39 is 0 Å². The SMILES string of the molecule is Cc1ccccc1C(c1ncc(Cc2ccc(C#N)cc2)[nH]1)C1CCNCC1. The maximum absolute atomic E-state index is 8.97. The Labute approximate surface area is 166 Å². The Kier molecular flexibility index (Phi) is 5.55. The van der Waals surface area contributed by atoms with Crippen molar-refractivity contribution in [3.8, 4) is 6.07 Å². The summed E-state index contributed by atoms with van der Waals surface area (Å²) in [5.74, 6) is 1.97. The Bertz CT molecular complexity index is 959. The molecule has 4 rings (SSSR count). The van der Waals surface area contributed by atoms with Gasteiger partial charge in [0, 0.05) is 24.2 Å². The van der Waals surface area contributed by atoms with E-state index >= 15 is 0 Å². The molecular formula is C24H26N4. The molecule has 1 aromatic heterocycles. The van der Waals surface area contributed by atoms with Crippen molar-refractivity contribution in [1.29, 1.82) is 5.26 Å². The second-order valence-corrected chi connectivity index (χ2v) is 7.70. The smallest absolute Gasteiger partial charge is 0.114 e. The normalized spacial score (nSPS) is 15.9. The molecular weight excluding hydrogens is 344 g/mol. The van der Waals surface area contributed by atoms with Crippen LogP contribution in [0.4, 0.5) is 0 Å². The molecule has 28 heavy (non-hydrogen) atoms. The van der Waals surface area contributed by atoms with Gasteiger partial charge in [-0.05, 0) is 67.6 Å². The zero-order valence-electron chi connectivity index (χ0n) is 16.3. The van der Waals surface area contributed by atoms with Crippen LogP contribution in [0, 0.1) is 24.2 Å². The number of H-pyrrole nitrogens is 1. The van der Waals surface area contributed by atoms with Crippen LogP contribution in [0.25, 0.3) is 0 Å². The van der Waals surface area contributed by atoms with E-state index in [1.807, 2.05) is 30.5 Å². The number of benzene rings is 2. The fourth-order valence-electron chi connectivity index (χ4n) is 4.28. The van der Waals surface area contributed by atoms with Gasteiger partial charge in [-0.25, -0.2) is 4.98 Å². The summed E-state index contributed by atoms with van der Waals surface area (Å²) >= 11 is 0. The van der Waals surface area contributed by atoms with Crippen LogP contribution in [0.5, 0.6) is 0 Å². The van der Waals surface area contributed by atoms with E-state index in [0.717, 1.165) is 31.0 Å². The number of hydrogen-bond donors (Lipinski definition) is 2. The van der Waals surface area contributed by atoms with E-state index in [1.165, 1.54) is 29.5 Å². The summed E-state index contributed by atoms with van der Waals surface area (Å²) in [6, 6.07) is 18.7. The second-order valence-electron chi connectivity index (χ2n) is 7.70. The summed E-state index contributed by atoms with van der Waals surface area (Å²) in [5.41, 5.74) is 5.71. The molecule has 1 saturated heterocycles. The number of piperidine rings is 1. The standard InChI is InChI=1S/C24H26N4/c1-17-4-2-3-5-22(17)23(20-10-12-26-13-11-20)24-27-16-21(28-24)14-18-6-8-19(15-25)9-7-18/h2-9,16,20,23,26H,10-14H2,1H3,(H,27,28). The molecule has 2 aromatic carbocycles. The lowest BCUT2D eigenvalue weighted by atomic mass is 9.78. The molecule has 1 atom stereocenters. The number of nitriles is 1. The average Bonchev–Trinajstić information content (AvgIpc) is 3.19. The third-order valence-corrected chi connectivity index (χ3v) is 5.80. The van der Waals surface area contributed by atoms with Gasteiger partial charge >= 0.3 is 0 Å². The molecule has 0 saturated carbocycles. The van der Waals surface area contributed by atoms with Crippen LogP contribution in [-0.2, 0) is 6.42 Å². The molecule has 4 heteroatoms. The first-order valence-electron chi connectivity index (χ1n) is 10.0. The van der Waals surface area contributed by atoms with Gasteiger partial charge < -0.3 is 10.3 Å². The lowest BCUT2D eigenvalue weighted by molar-refractivity contribution is 0.335. The van der Waals surface area contributed by atoms with Gasteiger partial charge in [-0.2, -0.15) is 5.26 Å². The van der Waals surface area contributed by atoms with Crippen LogP contribution in [-0.4, -0.2) is 23.1 Å². The number of imidazole rings is 1. The number of aromatic amines is 1. The van der Waals surface area contributed by atoms with Crippen molar-refractivity contribution in [2.75, 3.05) is 13.1 Å². The third-order valence-electron chi connectivity index (χ3n) is 5.80. The highest BCUT2D eigenvalue weighted by molar-refractivity contribution is 5.36. The number of hydrogen-bond acceptors (Lipinski definition) is 3. The second kappa shape index (κ2) is 8.41. The van der Waals surface area contributed by atoms with Crippen molar-refractivity contribution in [2.45, 2.75) is 32.1 Å². The van der Waals surface area contributed by atoms with Gasteiger partial charge in [-0.1, -0.05) is 36.4 Å². The molecule has 1 aliphatic heterocycles. The van der Waals surface area contributed by atoms with Crippen molar-refractivity contribution in [1.82, 2.24) is 15.3 Å². The Balaban J connectivity index is 1.61. The first kappa shape index (κ1) is 18.5. The summed E-state index contributed by atoms with van der Waals surface area (Å²) in [4.78, 5) is 8.43. The van der Waals surface area contributed by atoms with Crippen molar-refractivity contribution >= 4 is 0 Å². The Morgan fingerprint density at radius 3 is 2.57 bits per heavy atom. The monoisotopic (exact) mass is 370 g/mol. The Morgan fingerprint density at radius 1 is 1.11 bits per heavy atom. The summed E-state index contributed by atoms with van der Waals surface area (Å²) in [5, 5.41) is 12.4. The van der Waals surface area contributed by atoms with Crippen molar-refractivity contribution in [2.24, 2.45) is 5.92 Å². The third kappa shape index (κ3) is 4.00. The number of nitrogens with zero attached hydrogens (tertiary/aromatic N) is 2. The van der Waals surface area contributed by atoms with Crippen LogP contribution in [0.3, 0.4) is 0 Å². The lowest BCUT2D eigenvalue weighted by Gasteiger charge is -2.30. The highest BCUT2D eigenvalue weighted by Gasteiger charge is 2.29. The van der Waals surface area contributed by atoms with Gasteiger partial charge in [0.15, 0.2) is 0 Å². The van der Waals surface area contributed by atoms with E-state index in [0.29, 0.717) is 17.4 Å². The fourth-order valence-corrected chi connectivity index (χ4v) is 4.28. The number of aryl methyl sites for hydroxylation is 1. The van der Waals surface area contributed by atoms with Gasteiger partial charge in [-0.3, -0.25) is 0 Å². The predicted molar refractivity (Wildman–Crippen MR) is 111 cm³/mol. The predicted octanol–water partition coefficient (Wildman–Crippen LogP) is 4.31.